The Morgan fingerprint density at radius 1 is 1.46 bits per heavy atom. The van der Waals surface area contributed by atoms with E-state index in [1.807, 2.05) is 6.92 Å². The number of ether oxygens (including phenoxy) is 1. The number of guanidine groups is 1. The second-order valence-corrected chi connectivity index (χ2v) is 5.35. The number of hydrogen-bond acceptors (Lipinski definition) is 5. The number of aliphatic hydroxyl groups excluding tert-OH is 1. The molecule has 1 fully saturated rings. The van der Waals surface area contributed by atoms with Gasteiger partial charge in [-0.2, -0.15) is 0 Å². The van der Waals surface area contributed by atoms with Crippen molar-refractivity contribution in [3.8, 4) is 5.75 Å². The Morgan fingerprint density at radius 2 is 2.12 bits per heavy atom. The molecule has 0 spiro atoms. The summed E-state index contributed by atoms with van der Waals surface area (Å²) >= 11 is 0. The van der Waals surface area contributed by atoms with Gasteiger partial charge < -0.3 is 20.5 Å². The molecular formula is C15H23IN4O4. The molecular weight excluding hydrogens is 427 g/mol. The van der Waals surface area contributed by atoms with Gasteiger partial charge in [-0.05, 0) is 31.9 Å². The number of rotatable bonds is 8. The number of halogens is 1. The number of nitrogens with one attached hydrogen (secondary N) is 2. The van der Waals surface area contributed by atoms with E-state index >= 15 is 0 Å². The average molecular weight is 450 g/mol. The maximum Gasteiger partial charge on any atom is 0.269 e. The minimum atomic E-state index is -0.750. The lowest BCUT2D eigenvalue weighted by atomic mass is 10.3. The van der Waals surface area contributed by atoms with E-state index in [1.54, 1.807) is 0 Å². The Labute approximate surface area is 157 Å². The van der Waals surface area contributed by atoms with Gasteiger partial charge in [0.05, 0.1) is 11.5 Å². The number of non-ortho nitro benzene ring substituents is 1. The van der Waals surface area contributed by atoms with Gasteiger partial charge in [-0.3, -0.25) is 15.1 Å². The molecule has 0 saturated heterocycles. The first-order valence-electron chi connectivity index (χ1n) is 7.68. The highest BCUT2D eigenvalue weighted by Crippen LogP contribution is 2.18. The summed E-state index contributed by atoms with van der Waals surface area (Å²) < 4.78 is 5.41. The van der Waals surface area contributed by atoms with Gasteiger partial charge in [0.2, 0.25) is 0 Å². The molecule has 0 aliphatic heterocycles. The fourth-order valence-corrected chi connectivity index (χ4v) is 1.85. The zero-order chi connectivity index (χ0) is 16.7. The van der Waals surface area contributed by atoms with Crippen LogP contribution in [-0.4, -0.2) is 47.8 Å². The highest BCUT2D eigenvalue weighted by atomic mass is 127. The van der Waals surface area contributed by atoms with Crippen molar-refractivity contribution in [2.75, 3.05) is 19.7 Å². The smallest absolute Gasteiger partial charge is 0.269 e. The average Bonchev–Trinajstić information content (AvgIpc) is 3.35. The van der Waals surface area contributed by atoms with E-state index in [9.17, 15) is 15.2 Å². The number of nitro benzene ring substituents is 1. The third kappa shape index (κ3) is 7.30. The normalized spacial score (nSPS) is 15.2. The van der Waals surface area contributed by atoms with Crippen LogP contribution in [0.1, 0.15) is 19.8 Å². The number of nitrogens with zero attached hydrogens (tertiary/aromatic N) is 2. The van der Waals surface area contributed by atoms with Crippen molar-refractivity contribution in [3.63, 3.8) is 0 Å². The quantitative estimate of drug-likeness (QED) is 0.183. The summed E-state index contributed by atoms with van der Waals surface area (Å²) in [6.07, 6.45) is 1.55. The van der Waals surface area contributed by atoms with Crippen LogP contribution in [0.3, 0.4) is 0 Å². The van der Waals surface area contributed by atoms with Crippen molar-refractivity contribution < 1.29 is 14.8 Å². The van der Waals surface area contributed by atoms with E-state index in [2.05, 4.69) is 15.6 Å². The second kappa shape index (κ2) is 10.3. The van der Waals surface area contributed by atoms with Crippen LogP contribution in [0.5, 0.6) is 5.75 Å². The molecule has 8 nitrogen and oxygen atoms in total. The Kier molecular flexibility index (Phi) is 8.76. The van der Waals surface area contributed by atoms with E-state index in [4.69, 9.17) is 4.74 Å². The molecule has 0 bridgehead atoms. The molecule has 1 atom stereocenters. The van der Waals surface area contributed by atoms with Crippen LogP contribution >= 0.6 is 24.0 Å². The number of hydrogen-bond donors (Lipinski definition) is 3. The van der Waals surface area contributed by atoms with Crippen LogP contribution in [0.15, 0.2) is 29.3 Å². The zero-order valence-electron chi connectivity index (χ0n) is 13.5. The Balaban J connectivity index is 0.00000288. The fourth-order valence-electron chi connectivity index (χ4n) is 1.85. The lowest BCUT2D eigenvalue weighted by molar-refractivity contribution is -0.384. The summed E-state index contributed by atoms with van der Waals surface area (Å²) in [5.41, 5.74) is 0.00364. The fraction of sp³-hybridized carbons (Fsp3) is 0.533. The van der Waals surface area contributed by atoms with Crippen LogP contribution in [0, 0.1) is 10.1 Å². The largest absolute Gasteiger partial charge is 0.491 e. The number of aliphatic imine (C=N–C) groups is 1. The maximum atomic E-state index is 10.6. The first-order chi connectivity index (χ1) is 11.1. The Bertz CT molecular complexity index is 549. The monoisotopic (exact) mass is 450 g/mol. The van der Waals surface area contributed by atoms with Crippen molar-refractivity contribution in [1.82, 2.24) is 10.6 Å². The first-order valence-corrected chi connectivity index (χ1v) is 7.68. The van der Waals surface area contributed by atoms with Crippen molar-refractivity contribution >= 4 is 35.6 Å². The number of nitro groups is 1. The molecule has 0 heterocycles. The van der Waals surface area contributed by atoms with Crippen LogP contribution in [-0.2, 0) is 0 Å². The SMILES string of the molecule is CCNC(=NCC(O)COc1ccc([N+](=O)[O-])cc1)NC1CC1.I. The highest BCUT2D eigenvalue weighted by molar-refractivity contribution is 14.0. The van der Waals surface area contributed by atoms with Gasteiger partial charge in [0.1, 0.15) is 18.5 Å². The van der Waals surface area contributed by atoms with E-state index in [1.165, 1.54) is 24.3 Å². The second-order valence-electron chi connectivity index (χ2n) is 5.35. The van der Waals surface area contributed by atoms with Gasteiger partial charge in [-0.25, -0.2) is 0 Å². The lowest BCUT2D eigenvalue weighted by Gasteiger charge is -2.13. The minimum Gasteiger partial charge on any atom is -0.491 e. The van der Waals surface area contributed by atoms with Crippen molar-refractivity contribution in [2.24, 2.45) is 4.99 Å². The van der Waals surface area contributed by atoms with Crippen LogP contribution in [0.25, 0.3) is 0 Å². The summed E-state index contributed by atoms with van der Waals surface area (Å²) in [5.74, 6) is 1.17. The van der Waals surface area contributed by atoms with E-state index < -0.39 is 11.0 Å². The molecule has 2 rings (SSSR count). The van der Waals surface area contributed by atoms with Crippen molar-refractivity contribution in [3.05, 3.63) is 34.4 Å². The van der Waals surface area contributed by atoms with Gasteiger partial charge in [-0.1, -0.05) is 0 Å². The summed E-state index contributed by atoms with van der Waals surface area (Å²) in [6, 6.07) is 6.23. The number of benzene rings is 1. The predicted octanol–water partition coefficient (Wildman–Crippen LogP) is 1.67. The van der Waals surface area contributed by atoms with Crippen LogP contribution in [0.4, 0.5) is 5.69 Å². The zero-order valence-corrected chi connectivity index (χ0v) is 15.8. The molecule has 1 unspecified atom stereocenters. The standard InChI is InChI=1S/C15H22N4O4.HI/c1-2-16-15(18-11-3-4-11)17-9-13(20)10-23-14-7-5-12(6-8-14)19(21)22;/h5-8,11,13,20H,2-4,9-10H2,1H3,(H2,16,17,18);1H. The molecule has 0 aromatic heterocycles. The Hall–Kier alpha value is -1.62. The van der Waals surface area contributed by atoms with Gasteiger partial charge in [-0.15, -0.1) is 24.0 Å². The molecule has 9 heteroatoms. The van der Waals surface area contributed by atoms with Gasteiger partial charge >= 0.3 is 0 Å². The molecule has 1 aliphatic carbocycles. The summed E-state index contributed by atoms with van der Waals surface area (Å²) in [4.78, 5) is 14.4. The van der Waals surface area contributed by atoms with Crippen molar-refractivity contribution in [2.45, 2.75) is 31.9 Å². The molecule has 134 valence electrons. The van der Waals surface area contributed by atoms with E-state index in [0.717, 1.165) is 19.4 Å². The third-order valence-corrected chi connectivity index (χ3v) is 3.21. The molecule has 1 aromatic carbocycles. The first kappa shape index (κ1) is 20.4. The Morgan fingerprint density at radius 3 is 2.67 bits per heavy atom. The highest BCUT2D eigenvalue weighted by Gasteiger charge is 2.22. The molecule has 24 heavy (non-hydrogen) atoms. The van der Waals surface area contributed by atoms with Gasteiger partial charge in [0.15, 0.2) is 5.96 Å². The molecule has 0 radical (unpaired) electrons. The summed E-state index contributed by atoms with van der Waals surface area (Å²) in [7, 11) is 0. The summed E-state index contributed by atoms with van der Waals surface area (Å²) in [5, 5.41) is 26.9. The lowest BCUT2D eigenvalue weighted by Crippen LogP contribution is -2.39. The van der Waals surface area contributed by atoms with E-state index in [0.29, 0.717) is 17.8 Å². The van der Waals surface area contributed by atoms with E-state index in [-0.39, 0.29) is 42.8 Å². The number of aliphatic hydroxyl groups is 1. The van der Waals surface area contributed by atoms with Gasteiger partial charge in [0.25, 0.3) is 5.69 Å². The maximum absolute atomic E-state index is 10.6. The molecule has 1 saturated carbocycles. The topological polar surface area (TPSA) is 109 Å². The molecule has 1 aliphatic rings. The van der Waals surface area contributed by atoms with Crippen LogP contribution in [0.2, 0.25) is 0 Å². The molecule has 3 N–H and O–H groups in total. The minimum absolute atomic E-state index is 0. The van der Waals surface area contributed by atoms with Gasteiger partial charge in [0, 0.05) is 24.7 Å². The molecule has 0 amide bonds. The van der Waals surface area contributed by atoms with Crippen molar-refractivity contribution in [1.29, 1.82) is 0 Å². The predicted molar refractivity (Wildman–Crippen MR) is 102 cm³/mol. The third-order valence-electron chi connectivity index (χ3n) is 3.21. The van der Waals surface area contributed by atoms with Crippen LogP contribution < -0.4 is 15.4 Å². The molecule has 1 aromatic rings. The summed E-state index contributed by atoms with van der Waals surface area (Å²) in [6.45, 7) is 3.03.